The number of halogens is 4. The molecule has 1 aromatic carbocycles. The van der Waals surface area contributed by atoms with Gasteiger partial charge in [0.05, 0.1) is 16.6 Å². The number of alkyl halides is 3. The third-order valence-corrected chi connectivity index (χ3v) is 2.50. The zero-order valence-corrected chi connectivity index (χ0v) is 10.3. The highest BCUT2D eigenvalue weighted by molar-refractivity contribution is 9.10. The molecule has 17 heavy (non-hydrogen) atoms. The molecule has 7 heteroatoms. The van der Waals surface area contributed by atoms with E-state index in [9.17, 15) is 18.0 Å². The summed E-state index contributed by atoms with van der Waals surface area (Å²) < 4.78 is 44.5. The van der Waals surface area contributed by atoms with Gasteiger partial charge in [-0.25, -0.2) is 4.79 Å². The van der Waals surface area contributed by atoms with E-state index in [1.165, 1.54) is 12.1 Å². The zero-order chi connectivity index (χ0) is 13.1. The second-order valence-corrected chi connectivity index (χ2v) is 3.68. The largest absolute Gasteiger partial charge is 0.573 e. The number of hydrogen-bond acceptors (Lipinski definition) is 3. The number of benzene rings is 1. The summed E-state index contributed by atoms with van der Waals surface area (Å²) in [5.74, 6) is -1.20. The summed E-state index contributed by atoms with van der Waals surface area (Å²) in [7, 11) is 0. The predicted octanol–water partition coefficient (Wildman–Crippen LogP) is 3.52. The van der Waals surface area contributed by atoms with Crippen molar-refractivity contribution in [1.82, 2.24) is 0 Å². The van der Waals surface area contributed by atoms with Gasteiger partial charge in [-0.2, -0.15) is 0 Å². The Kier molecular flexibility index (Phi) is 4.39. The van der Waals surface area contributed by atoms with Crippen molar-refractivity contribution in [1.29, 1.82) is 0 Å². The van der Waals surface area contributed by atoms with Crippen molar-refractivity contribution < 1.29 is 27.4 Å². The summed E-state index contributed by atoms with van der Waals surface area (Å²) in [5, 5.41) is 0. The van der Waals surface area contributed by atoms with Crippen LogP contribution in [0.15, 0.2) is 22.7 Å². The Balaban J connectivity index is 3.03. The molecule has 0 saturated carbocycles. The Morgan fingerprint density at radius 1 is 1.41 bits per heavy atom. The maximum Gasteiger partial charge on any atom is 0.573 e. The Labute approximate surface area is 104 Å². The third-order valence-electron chi connectivity index (χ3n) is 1.68. The molecule has 0 aromatic heterocycles. The molecule has 0 aliphatic heterocycles. The summed E-state index contributed by atoms with van der Waals surface area (Å²) in [6, 6.07) is 3.71. The smallest absolute Gasteiger partial charge is 0.462 e. The molecule has 0 fully saturated rings. The van der Waals surface area contributed by atoms with E-state index in [1.54, 1.807) is 6.92 Å². The van der Waals surface area contributed by atoms with Crippen molar-refractivity contribution in [3.63, 3.8) is 0 Å². The summed E-state index contributed by atoms with van der Waals surface area (Å²) in [4.78, 5) is 11.4. The molecule has 0 radical (unpaired) electrons. The third kappa shape index (κ3) is 3.92. The average molecular weight is 313 g/mol. The van der Waals surface area contributed by atoms with Crippen LogP contribution in [-0.2, 0) is 4.74 Å². The Morgan fingerprint density at radius 2 is 2.06 bits per heavy atom. The molecule has 0 aliphatic carbocycles. The molecule has 0 amide bonds. The van der Waals surface area contributed by atoms with Gasteiger partial charge in [-0.15, -0.1) is 13.2 Å². The quantitative estimate of drug-likeness (QED) is 0.801. The van der Waals surface area contributed by atoms with Crippen LogP contribution < -0.4 is 4.74 Å². The van der Waals surface area contributed by atoms with Gasteiger partial charge in [-0.05, 0) is 35.0 Å². The van der Waals surface area contributed by atoms with Crippen molar-refractivity contribution in [2.24, 2.45) is 0 Å². The Bertz CT molecular complexity index is 418. The van der Waals surface area contributed by atoms with Gasteiger partial charge < -0.3 is 9.47 Å². The van der Waals surface area contributed by atoms with Crippen molar-refractivity contribution in [3.8, 4) is 5.75 Å². The molecule has 1 rings (SSSR count). The molecule has 0 unspecified atom stereocenters. The summed E-state index contributed by atoms with van der Waals surface area (Å²) >= 11 is 2.88. The number of carbonyl (C=O) groups is 1. The fraction of sp³-hybridized carbons (Fsp3) is 0.300. The van der Waals surface area contributed by atoms with E-state index in [4.69, 9.17) is 0 Å². The Morgan fingerprint density at radius 3 is 2.59 bits per heavy atom. The van der Waals surface area contributed by atoms with Crippen molar-refractivity contribution in [2.75, 3.05) is 6.61 Å². The maximum atomic E-state index is 12.0. The molecule has 3 nitrogen and oxygen atoms in total. The van der Waals surface area contributed by atoms with Crippen LogP contribution in [0.5, 0.6) is 5.75 Å². The number of ether oxygens (including phenoxy) is 2. The van der Waals surface area contributed by atoms with Crippen LogP contribution in [0.1, 0.15) is 17.3 Å². The average Bonchev–Trinajstić information content (AvgIpc) is 2.19. The van der Waals surface area contributed by atoms with Gasteiger partial charge in [0.15, 0.2) is 0 Å². The van der Waals surface area contributed by atoms with Gasteiger partial charge in [0, 0.05) is 0 Å². The lowest BCUT2D eigenvalue weighted by atomic mass is 10.2. The SMILES string of the molecule is CCOC(=O)c1cccc(OC(F)(F)F)c1Br. The molecule has 94 valence electrons. The van der Waals surface area contributed by atoms with Crippen LogP contribution >= 0.6 is 15.9 Å². The second-order valence-electron chi connectivity index (χ2n) is 2.89. The lowest BCUT2D eigenvalue weighted by molar-refractivity contribution is -0.274. The molecular weight excluding hydrogens is 305 g/mol. The lowest BCUT2D eigenvalue weighted by Gasteiger charge is -2.12. The molecular formula is C10H8BrF3O3. The molecule has 1 aromatic rings. The molecule has 0 spiro atoms. The summed E-state index contributed by atoms with van der Waals surface area (Å²) in [6.45, 7) is 1.73. The number of hydrogen-bond donors (Lipinski definition) is 0. The van der Waals surface area contributed by atoms with Crippen LogP contribution in [0.3, 0.4) is 0 Å². The fourth-order valence-electron chi connectivity index (χ4n) is 1.08. The van der Waals surface area contributed by atoms with E-state index >= 15 is 0 Å². The molecule has 0 atom stereocenters. The highest BCUT2D eigenvalue weighted by Gasteiger charge is 2.32. The first-order chi connectivity index (χ1) is 7.85. The van der Waals surface area contributed by atoms with E-state index in [0.29, 0.717) is 0 Å². The molecule has 0 bridgehead atoms. The van der Waals surface area contributed by atoms with Crippen LogP contribution in [0.25, 0.3) is 0 Å². The number of carbonyl (C=O) groups excluding carboxylic acids is 1. The van der Waals surface area contributed by atoms with Gasteiger partial charge in [-0.1, -0.05) is 6.07 Å². The first-order valence-electron chi connectivity index (χ1n) is 4.56. The maximum absolute atomic E-state index is 12.0. The minimum Gasteiger partial charge on any atom is -0.462 e. The lowest BCUT2D eigenvalue weighted by Crippen LogP contribution is -2.18. The van der Waals surface area contributed by atoms with Crippen LogP contribution in [-0.4, -0.2) is 18.9 Å². The van der Waals surface area contributed by atoms with E-state index in [0.717, 1.165) is 6.07 Å². The zero-order valence-electron chi connectivity index (χ0n) is 8.68. The molecule has 0 N–H and O–H groups in total. The van der Waals surface area contributed by atoms with E-state index in [1.807, 2.05) is 0 Å². The first-order valence-corrected chi connectivity index (χ1v) is 5.36. The highest BCUT2D eigenvalue weighted by Crippen LogP contribution is 2.33. The topological polar surface area (TPSA) is 35.5 Å². The van der Waals surface area contributed by atoms with Gasteiger partial charge in [-0.3, -0.25) is 0 Å². The van der Waals surface area contributed by atoms with Gasteiger partial charge in [0.2, 0.25) is 0 Å². The minimum absolute atomic E-state index is 0.0198. The van der Waals surface area contributed by atoms with E-state index in [2.05, 4.69) is 25.4 Å². The number of rotatable bonds is 3. The van der Waals surface area contributed by atoms with Gasteiger partial charge >= 0.3 is 12.3 Å². The first kappa shape index (κ1) is 13.8. The van der Waals surface area contributed by atoms with Gasteiger partial charge in [0.1, 0.15) is 5.75 Å². The number of esters is 1. The standard InChI is InChI=1S/C10H8BrF3O3/c1-2-16-9(15)6-4-3-5-7(8(6)11)17-10(12,13)14/h3-5H,2H2,1H3. The summed E-state index contributed by atoms with van der Waals surface area (Å²) in [6.07, 6.45) is -4.81. The Hall–Kier alpha value is -1.24. The van der Waals surface area contributed by atoms with Crippen molar-refractivity contribution >= 4 is 21.9 Å². The molecule has 0 saturated heterocycles. The fourth-order valence-corrected chi connectivity index (χ4v) is 1.59. The van der Waals surface area contributed by atoms with Crippen LogP contribution in [0.4, 0.5) is 13.2 Å². The molecule has 0 aliphatic rings. The minimum atomic E-state index is -4.81. The van der Waals surface area contributed by atoms with E-state index in [-0.39, 0.29) is 16.6 Å². The van der Waals surface area contributed by atoms with E-state index < -0.39 is 18.1 Å². The molecule has 0 heterocycles. The summed E-state index contributed by atoms with van der Waals surface area (Å²) in [5.41, 5.74) is -0.0198. The van der Waals surface area contributed by atoms with Crippen LogP contribution in [0, 0.1) is 0 Å². The van der Waals surface area contributed by atoms with Crippen LogP contribution in [0.2, 0.25) is 0 Å². The highest BCUT2D eigenvalue weighted by atomic mass is 79.9. The van der Waals surface area contributed by atoms with Crippen molar-refractivity contribution in [2.45, 2.75) is 13.3 Å². The van der Waals surface area contributed by atoms with Gasteiger partial charge in [0.25, 0.3) is 0 Å². The monoisotopic (exact) mass is 312 g/mol. The predicted molar refractivity (Wildman–Crippen MR) is 56.8 cm³/mol. The second kappa shape index (κ2) is 5.39. The normalized spacial score (nSPS) is 11.1. The van der Waals surface area contributed by atoms with Crippen molar-refractivity contribution in [3.05, 3.63) is 28.2 Å².